The number of hydrogen-bond donors (Lipinski definition) is 1. The lowest BCUT2D eigenvalue weighted by Crippen LogP contribution is -2.13. The van der Waals surface area contributed by atoms with Gasteiger partial charge in [0, 0.05) is 18.7 Å². The van der Waals surface area contributed by atoms with Crippen LogP contribution in [0.4, 0.5) is 4.39 Å². The number of nitrogens with one attached hydrogen (secondary N) is 1. The van der Waals surface area contributed by atoms with Crippen LogP contribution in [0.15, 0.2) is 22.7 Å². The molecule has 96 valence electrons. The van der Waals surface area contributed by atoms with Crippen LogP contribution in [-0.2, 0) is 13.1 Å². The molecular formula is C13H14ClFN2O. The number of nitrogens with zero attached hydrogens (tertiary/aromatic N) is 1. The molecule has 0 aliphatic heterocycles. The molecule has 0 spiro atoms. The average Bonchev–Trinajstić information content (AvgIpc) is 2.65. The van der Waals surface area contributed by atoms with Crippen molar-refractivity contribution in [2.24, 2.45) is 0 Å². The van der Waals surface area contributed by atoms with Gasteiger partial charge >= 0.3 is 0 Å². The molecule has 5 heteroatoms. The fourth-order valence-electron chi connectivity index (χ4n) is 1.74. The molecule has 0 bridgehead atoms. The van der Waals surface area contributed by atoms with Crippen molar-refractivity contribution in [3.63, 3.8) is 0 Å². The van der Waals surface area contributed by atoms with E-state index in [2.05, 4.69) is 10.5 Å². The molecule has 0 fully saturated rings. The second kappa shape index (κ2) is 5.50. The third kappa shape index (κ3) is 2.89. The smallest absolute Gasteiger partial charge is 0.141 e. The summed E-state index contributed by atoms with van der Waals surface area (Å²) in [4.78, 5) is 0. The monoisotopic (exact) mass is 268 g/mol. The highest BCUT2D eigenvalue weighted by Crippen LogP contribution is 2.16. The fraction of sp³-hybridized carbons (Fsp3) is 0.308. The third-order valence-electron chi connectivity index (χ3n) is 2.80. The van der Waals surface area contributed by atoms with Crippen LogP contribution in [0.25, 0.3) is 0 Å². The van der Waals surface area contributed by atoms with E-state index < -0.39 is 5.82 Å². The van der Waals surface area contributed by atoms with E-state index in [1.165, 1.54) is 6.07 Å². The van der Waals surface area contributed by atoms with Crippen molar-refractivity contribution in [3.05, 3.63) is 51.6 Å². The summed E-state index contributed by atoms with van der Waals surface area (Å²) in [6.45, 7) is 5.06. The standard InChI is InChI=1S/C13H14ClFN2O/c1-8-11(9(2)18-17-8)7-16-6-10-3-4-13(15)12(14)5-10/h3-5,16H,6-7H2,1-2H3. The van der Waals surface area contributed by atoms with Crippen LogP contribution in [0.5, 0.6) is 0 Å². The maximum Gasteiger partial charge on any atom is 0.141 e. The second-order valence-corrected chi connectivity index (χ2v) is 4.56. The molecule has 3 nitrogen and oxygen atoms in total. The van der Waals surface area contributed by atoms with Crippen molar-refractivity contribution in [1.29, 1.82) is 0 Å². The third-order valence-corrected chi connectivity index (χ3v) is 3.09. The van der Waals surface area contributed by atoms with E-state index in [-0.39, 0.29) is 5.02 Å². The summed E-state index contributed by atoms with van der Waals surface area (Å²) in [6, 6.07) is 4.70. The Kier molecular flexibility index (Phi) is 3.99. The second-order valence-electron chi connectivity index (χ2n) is 4.15. The summed E-state index contributed by atoms with van der Waals surface area (Å²) >= 11 is 5.71. The van der Waals surface area contributed by atoms with Crippen LogP contribution in [0.2, 0.25) is 5.02 Å². The molecule has 1 heterocycles. The van der Waals surface area contributed by atoms with E-state index in [0.717, 1.165) is 22.6 Å². The molecule has 1 N–H and O–H groups in total. The molecule has 0 aliphatic rings. The topological polar surface area (TPSA) is 38.1 Å². The van der Waals surface area contributed by atoms with Gasteiger partial charge in [0.15, 0.2) is 0 Å². The van der Waals surface area contributed by atoms with Gasteiger partial charge in [-0.3, -0.25) is 0 Å². The van der Waals surface area contributed by atoms with E-state index in [9.17, 15) is 4.39 Å². The van der Waals surface area contributed by atoms with Crippen LogP contribution in [-0.4, -0.2) is 5.16 Å². The van der Waals surface area contributed by atoms with E-state index in [0.29, 0.717) is 13.1 Å². The van der Waals surface area contributed by atoms with Gasteiger partial charge in [-0.25, -0.2) is 4.39 Å². The number of halogens is 2. The van der Waals surface area contributed by atoms with Crippen molar-refractivity contribution >= 4 is 11.6 Å². The summed E-state index contributed by atoms with van der Waals surface area (Å²) in [5.41, 5.74) is 2.88. The molecule has 0 saturated heterocycles. The maximum absolute atomic E-state index is 13.0. The Balaban J connectivity index is 1.94. The Bertz CT molecular complexity index is 534. The zero-order valence-corrected chi connectivity index (χ0v) is 11.0. The first-order chi connectivity index (χ1) is 8.58. The van der Waals surface area contributed by atoms with Gasteiger partial charge in [-0.2, -0.15) is 0 Å². The number of aryl methyl sites for hydroxylation is 2. The quantitative estimate of drug-likeness (QED) is 0.924. The van der Waals surface area contributed by atoms with Gasteiger partial charge in [-0.1, -0.05) is 22.8 Å². The van der Waals surface area contributed by atoms with Gasteiger partial charge in [0.2, 0.25) is 0 Å². The molecule has 1 aromatic carbocycles. The Morgan fingerprint density at radius 1 is 1.33 bits per heavy atom. The molecule has 0 atom stereocenters. The van der Waals surface area contributed by atoms with Gasteiger partial charge in [0.25, 0.3) is 0 Å². The van der Waals surface area contributed by atoms with Gasteiger partial charge in [0.05, 0.1) is 10.7 Å². The number of rotatable bonds is 4. The van der Waals surface area contributed by atoms with E-state index >= 15 is 0 Å². The minimum atomic E-state index is -0.397. The molecular weight excluding hydrogens is 255 g/mol. The largest absolute Gasteiger partial charge is 0.361 e. The normalized spacial score (nSPS) is 10.9. The van der Waals surface area contributed by atoms with Gasteiger partial charge in [-0.05, 0) is 31.5 Å². The minimum Gasteiger partial charge on any atom is -0.361 e. The Morgan fingerprint density at radius 2 is 2.11 bits per heavy atom. The Morgan fingerprint density at radius 3 is 2.72 bits per heavy atom. The summed E-state index contributed by atoms with van der Waals surface area (Å²) in [7, 11) is 0. The van der Waals surface area contributed by atoms with E-state index in [1.54, 1.807) is 12.1 Å². The van der Waals surface area contributed by atoms with Crippen molar-refractivity contribution in [1.82, 2.24) is 10.5 Å². The molecule has 0 unspecified atom stereocenters. The van der Waals surface area contributed by atoms with Crippen LogP contribution in [0.3, 0.4) is 0 Å². The van der Waals surface area contributed by atoms with Gasteiger partial charge in [-0.15, -0.1) is 0 Å². The van der Waals surface area contributed by atoms with Crippen LogP contribution in [0, 0.1) is 19.7 Å². The molecule has 18 heavy (non-hydrogen) atoms. The highest BCUT2D eigenvalue weighted by atomic mass is 35.5. The van der Waals surface area contributed by atoms with Gasteiger partial charge < -0.3 is 9.84 Å². The van der Waals surface area contributed by atoms with E-state index in [1.807, 2.05) is 13.8 Å². The molecule has 2 aromatic rings. The molecule has 0 radical (unpaired) electrons. The predicted octanol–water partition coefficient (Wildman–Crippen LogP) is 3.37. The molecule has 1 aromatic heterocycles. The highest BCUT2D eigenvalue weighted by molar-refractivity contribution is 6.30. The number of benzene rings is 1. The molecule has 0 saturated carbocycles. The van der Waals surface area contributed by atoms with Crippen molar-refractivity contribution in [3.8, 4) is 0 Å². The summed E-state index contributed by atoms with van der Waals surface area (Å²) in [5.74, 6) is 0.420. The molecule has 0 aliphatic carbocycles. The maximum atomic E-state index is 13.0. The SMILES string of the molecule is Cc1noc(C)c1CNCc1ccc(F)c(Cl)c1. The lowest BCUT2D eigenvalue weighted by molar-refractivity contribution is 0.392. The zero-order chi connectivity index (χ0) is 13.1. The predicted molar refractivity (Wildman–Crippen MR) is 67.9 cm³/mol. The van der Waals surface area contributed by atoms with E-state index in [4.69, 9.17) is 16.1 Å². The Hall–Kier alpha value is -1.39. The minimum absolute atomic E-state index is 0.145. The fourth-order valence-corrected chi connectivity index (χ4v) is 1.94. The molecule has 0 amide bonds. The van der Waals surface area contributed by atoms with Crippen LogP contribution in [0.1, 0.15) is 22.6 Å². The first kappa shape index (κ1) is 13.1. The van der Waals surface area contributed by atoms with Crippen molar-refractivity contribution < 1.29 is 8.91 Å². The zero-order valence-electron chi connectivity index (χ0n) is 10.3. The van der Waals surface area contributed by atoms with Gasteiger partial charge in [0.1, 0.15) is 11.6 Å². The average molecular weight is 269 g/mol. The number of aromatic nitrogens is 1. The summed E-state index contributed by atoms with van der Waals surface area (Å²) in [5, 5.41) is 7.28. The van der Waals surface area contributed by atoms with Crippen LogP contribution >= 0.6 is 11.6 Å². The first-order valence-electron chi connectivity index (χ1n) is 5.64. The van der Waals surface area contributed by atoms with Crippen LogP contribution < -0.4 is 5.32 Å². The van der Waals surface area contributed by atoms with Crippen molar-refractivity contribution in [2.75, 3.05) is 0 Å². The lowest BCUT2D eigenvalue weighted by atomic mass is 10.2. The molecule has 2 rings (SSSR count). The summed E-state index contributed by atoms with van der Waals surface area (Å²) < 4.78 is 18.0. The lowest BCUT2D eigenvalue weighted by Gasteiger charge is -2.05. The summed E-state index contributed by atoms with van der Waals surface area (Å²) in [6.07, 6.45) is 0. The highest BCUT2D eigenvalue weighted by Gasteiger charge is 2.08. The first-order valence-corrected chi connectivity index (χ1v) is 6.02. The number of hydrogen-bond acceptors (Lipinski definition) is 3. The Labute approximate surface area is 110 Å². The van der Waals surface area contributed by atoms with Crippen molar-refractivity contribution in [2.45, 2.75) is 26.9 Å².